The molecule has 0 aromatic heterocycles. The van der Waals surface area contributed by atoms with Crippen molar-refractivity contribution in [1.82, 2.24) is 0 Å². The first-order valence-corrected chi connectivity index (χ1v) is 10.6. The van der Waals surface area contributed by atoms with Crippen molar-refractivity contribution in [3.8, 4) is 0 Å². The minimum Gasteiger partial charge on any atom is -0.328 e. The molecule has 0 aromatic rings. The molecule has 3 nitrogen and oxygen atoms in total. The van der Waals surface area contributed by atoms with Gasteiger partial charge in [0.2, 0.25) is 0 Å². The van der Waals surface area contributed by atoms with Crippen LogP contribution in [0.25, 0.3) is 0 Å². The van der Waals surface area contributed by atoms with Crippen molar-refractivity contribution in [2.75, 3.05) is 19.8 Å². The van der Waals surface area contributed by atoms with E-state index in [-0.39, 0.29) is 0 Å². The average molecular weight is 345 g/mol. The van der Waals surface area contributed by atoms with Gasteiger partial charge in [-0.15, -0.1) is 0 Å². The van der Waals surface area contributed by atoms with Gasteiger partial charge in [-0.3, -0.25) is 0 Å². The van der Waals surface area contributed by atoms with E-state index in [1.165, 1.54) is 57.8 Å². The van der Waals surface area contributed by atoms with Crippen LogP contribution in [0.15, 0.2) is 0 Å². The van der Waals surface area contributed by atoms with Crippen molar-refractivity contribution in [3.05, 3.63) is 0 Å². The highest BCUT2D eigenvalue weighted by molar-refractivity contribution is 4.73. The highest BCUT2D eigenvalue weighted by atomic mass is 16.9. The summed E-state index contributed by atoms with van der Waals surface area (Å²) in [6.45, 7) is 12.5. The molecule has 0 aliphatic heterocycles. The Kier molecular flexibility index (Phi) is 16.3. The molecule has 0 aromatic carbocycles. The normalized spacial score (nSPS) is 13.4. The summed E-state index contributed by atoms with van der Waals surface area (Å²) in [6.07, 6.45) is 13.9. The van der Waals surface area contributed by atoms with Crippen LogP contribution in [0.1, 0.15) is 105 Å². The van der Waals surface area contributed by atoms with Crippen LogP contribution in [0, 0.1) is 5.92 Å². The van der Waals surface area contributed by atoms with Gasteiger partial charge in [-0.05, 0) is 33.6 Å². The van der Waals surface area contributed by atoms with E-state index >= 15 is 0 Å². The number of hydrogen-bond acceptors (Lipinski definition) is 3. The highest BCUT2D eigenvalue weighted by Crippen LogP contribution is 2.34. The predicted octanol–water partition coefficient (Wildman–Crippen LogP) is 6.70. The molecule has 1 atom stereocenters. The summed E-state index contributed by atoms with van der Waals surface area (Å²) in [5.74, 6) is -0.509. The fourth-order valence-electron chi connectivity index (χ4n) is 3.39. The number of ether oxygens (including phenoxy) is 3. The largest absolute Gasteiger partial charge is 0.328 e. The second-order valence-corrected chi connectivity index (χ2v) is 6.65. The topological polar surface area (TPSA) is 27.7 Å². The fraction of sp³-hybridized carbons (Fsp3) is 1.00. The van der Waals surface area contributed by atoms with Crippen molar-refractivity contribution in [1.29, 1.82) is 0 Å². The van der Waals surface area contributed by atoms with E-state index in [1.54, 1.807) is 0 Å². The standard InChI is InChI=1S/C21H44O3/c1-6-11-13-15-17-19-20(18-16-14-12-7-2)21(22-8-3,23-9-4)24-10-5/h20H,6-19H2,1-5H3. The second kappa shape index (κ2) is 16.4. The number of unbranched alkanes of at least 4 members (excludes halogenated alkanes) is 7. The Labute approximate surface area is 151 Å². The molecule has 146 valence electrons. The minimum absolute atomic E-state index is 0.329. The second-order valence-electron chi connectivity index (χ2n) is 6.65. The summed E-state index contributed by atoms with van der Waals surface area (Å²) < 4.78 is 18.2. The van der Waals surface area contributed by atoms with Gasteiger partial charge < -0.3 is 14.2 Å². The van der Waals surface area contributed by atoms with E-state index < -0.39 is 5.97 Å². The highest BCUT2D eigenvalue weighted by Gasteiger charge is 2.41. The number of hydrogen-bond donors (Lipinski definition) is 0. The Morgan fingerprint density at radius 2 is 0.917 bits per heavy atom. The Bertz CT molecular complexity index is 238. The zero-order chi connectivity index (χ0) is 18.1. The van der Waals surface area contributed by atoms with Crippen LogP contribution in [-0.4, -0.2) is 25.8 Å². The third kappa shape index (κ3) is 10.0. The molecule has 0 aliphatic rings. The molecule has 0 fully saturated rings. The van der Waals surface area contributed by atoms with Crippen molar-refractivity contribution in [3.63, 3.8) is 0 Å². The van der Waals surface area contributed by atoms with Crippen LogP contribution in [0.5, 0.6) is 0 Å². The molecular formula is C21H44O3. The van der Waals surface area contributed by atoms with E-state index in [9.17, 15) is 0 Å². The maximum Gasteiger partial charge on any atom is 0.285 e. The summed E-state index contributed by atoms with van der Waals surface area (Å²) in [6, 6.07) is 0. The Morgan fingerprint density at radius 1 is 0.542 bits per heavy atom. The van der Waals surface area contributed by atoms with Gasteiger partial charge in [0.15, 0.2) is 0 Å². The lowest BCUT2D eigenvalue weighted by atomic mass is 9.91. The summed E-state index contributed by atoms with van der Waals surface area (Å²) in [5.41, 5.74) is 0. The summed E-state index contributed by atoms with van der Waals surface area (Å²) in [7, 11) is 0. The molecule has 0 aliphatic carbocycles. The van der Waals surface area contributed by atoms with Gasteiger partial charge in [0.1, 0.15) is 0 Å². The molecule has 24 heavy (non-hydrogen) atoms. The lowest BCUT2D eigenvalue weighted by molar-refractivity contribution is -0.403. The monoisotopic (exact) mass is 344 g/mol. The van der Waals surface area contributed by atoms with E-state index in [0.717, 1.165) is 12.8 Å². The van der Waals surface area contributed by atoms with Crippen LogP contribution < -0.4 is 0 Å². The Balaban J connectivity index is 4.81. The molecule has 0 heterocycles. The zero-order valence-corrected chi connectivity index (χ0v) is 17.2. The van der Waals surface area contributed by atoms with E-state index in [1.807, 2.05) is 20.8 Å². The van der Waals surface area contributed by atoms with Gasteiger partial charge in [-0.2, -0.15) is 0 Å². The van der Waals surface area contributed by atoms with Gasteiger partial charge in [0.05, 0.1) is 0 Å². The zero-order valence-electron chi connectivity index (χ0n) is 17.2. The fourth-order valence-corrected chi connectivity index (χ4v) is 3.39. The van der Waals surface area contributed by atoms with Crippen LogP contribution >= 0.6 is 0 Å². The molecule has 0 N–H and O–H groups in total. The Hall–Kier alpha value is -0.120. The smallest absolute Gasteiger partial charge is 0.285 e. The van der Waals surface area contributed by atoms with Gasteiger partial charge in [0.25, 0.3) is 5.97 Å². The van der Waals surface area contributed by atoms with Crippen molar-refractivity contribution in [2.24, 2.45) is 5.92 Å². The van der Waals surface area contributed by atoms with Crippen LogP contribution in [0.4, 0.5) is 0 Å². The van der Waals surface area contributed by atoms with Gasteiger partial charge in [0, 0.05) is 25.7 Å². The van der Waals surface area contributed by atoms with E-state index in [2.05, 4.69) is 13.8 Å². The average Bonchev–Trinajstić information content (AvgIpc) is 2.57. The van der Waals surface area contributed by atoms with Gasteiger partial charge in [-0.25, -0.2) is 0 Å². The molecule has 0 spiro atoms. The van der Waals surface area contributed by atoms with Crippen molar-refractivity contribution >= 4 is 0 Å². The van der Waals surface area contributed by atoms with Crippen LogP contribution in [0.3, 0.4) is 0 Å². The van der Waals surface area contributed by atoms with Crippen molar-refractivity contribution < 1.29 is 14.2 Å². The molecule has 0 bridgehead atoms. The third-order valence-corrected chi connectivity index (χ3v) is 4.60. The lowest BCUT2D eigenvalue weighted by Gasteiger charge is -2.39. The first kappa shape index (κ1) is 23.9. The first-order chi connectivity index (χ1) is 11.7. The minimum atomic E-state index is -0.838. The molecule has 1 unspecified atom stereocenters. The molecule has 0 rings (SSSR count). The van der Waals surface area contributed by atoms with E-state index in [0.29, 0.717) is 25.7 Å². The lowest BCUT2D eigenvalue weighted by Crippen LogP contribution is -2.46. The summed E-state index contributed by atoms with van der Waals surface area (Å²) >= 11 is 0. The summed E-state index contributed by atoms with van der Waals surface area (Å²) in [4.78, 5) is 0. The predicted molar refractivity (Wildman–Crippen MR) is 103 cm³/mol. The molecular weight excluding hydrogens is 300 g/mol. The quantitative estimate of drug-likeness (QED) is 0.204. The number of rotatable bonds is 18. The van der Waals surface area contributed by atoms with Gasteiger partial charge >= 0.3 is 0 Å². The maximum atomic E-state index is 6.06. The molecule has 0 amide bonds. The Morgan fingerprint density at radius 3 is 1.29 bits per heavy atom. The molecule has 3 heteroatoms. The molecule has 0 saturated heterocycles. The first-order valence-electron chi connectivity index (χ1n) is 10.6. The molecule has 0 radical (unpaired) electrons. The summed E-state index contributed by atoms with van der Waals surface area (Å²) in [5, 5.41) is 0. The van der Waals surface area contributed by atoms with Crippen LogP contribution in [-0.2, 0) is 14.2 Å². The van der Waals surface area contributed by atoms with Crippen molar-refractivity contribution in [2.45, 2.75) is 111 Å². The SMILES string of the molecule is CCCCCCCC(CCCCCC)C(OCC)(OCC)OCC. The maximum absolute atomic E-state index is 6.06. The molecule has 0 saturated carbocycles. The van der Waals surface area contributed by atoms with E-state index in [4.69, 9.17) is 14.2 Å². The third-order valence-electron chi connectivity index (χ3n) is 4.60. The van der Waals surface area contributed by atoms with Gasteiger partial charge in [-0.1, -0.05) is 71.6 Å². The van der Waals surface area contributed by atoms with Crippen LogP contribution in [0.2, 0.25) is 0 Å².